The number of aromatic nitrogens is 1. The third kappa shape index (κ3) is 2.71. The summed E-state index contributed by atoms with van der Waals surface area (Å²) < 4.78 is 0. The standard InChI is InChI=1S/C12H17BrN2/c1-10-4-2-6-12(14-10)15-7-3-5-11(8-13)9-15/h2,4,6,11H,3,5,7-9H2,1H3. The van der Waals surface area contributed by atoms with Gasteiger partial charge in [-0.05, 0) is 37.8 Å². The maximum Gasteiger partial charge on any atom is 0.128 e. The molecule has 0 aliphatic carbocycles. The molecule has 1 aromatic heterocycles. The number of nitrogens with zero attached hydrogens (tertiary/aromatic N) is 2. The lowest BCUT2D eigenvalue weighted by atomic mass is 10.0. The summed E-state index contributed by atoms with van der Waals surface area (Å²) in [6.07, 6.45) is 2.62. The molecule has 0 aromatic carbocycles. The fourth-order valence-corrected chi connectivity index (χ4v) is 2.63. The van der Waals surface area contributed by atoms with Crippen LogP contribution in [0.25, 0.3) is 0 Å². The van der Waals surface area contributed by atoms with Crippen LogP contribution in [0.1, 0.15) is 18.5 Å². The molecule has 15 heavy (non-hydrogen) atoms. The second kappa shape index (κ2) is 4.97. The first kappa shape index (κ1) is 10.9. The highest BCUT2D eigenvalue weighted by molar-refractivity contribution is 9.09. The molecule has 1 saturated heterocycles. The highest BCUT2D eigenvalue weighted by Gasteiger charge is 2.19. The molecule has 2 heterocycles. The fraction of sp³-hybridized carbons (Fsp3) is 0.583. The van der Waals surface area contributed by atoms with Gasteiger partial charge in [0.1, 0.15) is 5.82 Å². The molecular formula is C12H17BrN2. The van der Waals surface area contributed by atoms with Gasteiger partial charge in [0.15, 0.2) is 0 Å². The zero-order valence-electron chi connectivity index (χ0n) is 9.12. The van der Waals surface area contributed by atoms with E-state index in [1.54, 1.807) is 0 Å². The zero-order valence-corrected chi connectivity index (χ0v) is 10.7. The van der Waals surface area contributed by atoms with Crippen LogP contribution in [0, 0.1) is 12.8 Å². The minimum absolute atomic E-state index is 0.779. The first-order valence-electron chi connectivity index (χ1n) is 5.54. The Kier molecular flexibility index (Phi) is 3.62. The Morgan fingerprint density at radius 1 is 1.53 bits per heavy atom. The van der Waals surface area contributed by atoms with E-state index in [1.165, 1.54) is 12.8 Å². The number of hydrogen-bond acceptors (Lipinski definition) is 2. The van der Waals surface area contributed by atoms with Crippen molar-refractivity contribution >= 4 is 21.7 Å². The van der Waals surface area contributed by atoms with E-state index in [4.69, 9.17) is 0 Å². The molecule has 2 rings (SSSR count). The first-order chi connectivity index (χ1) is 7.29. The van der Waals surface area contributed by atoms with Crippen LogP contribution >= 0.6 is 15.9 Å². The lowest BCUT2D eigenvalue weighted by Gasteiger charge is -2.32. The van der Waals surface area contributed by atoms with Crippen LogP contribution in [0.3, 0.4) is 0 Å². The van der Waals surface area contributed by atoms with Crippen molar-refractivity contribution in [3.8, 4) is 0 Å². The van der Waals surface area contributed by atoms with Crippen molar-refractivity contribution in [2.75, 3.05) is 23.3 Å². The van der Waals surface area contributed by atoms with Gasteiger partial charge in [-0.2, -0.15) is 0 Å². The van der Waals surface area contributed by atoms with Gasteiger partial charge >= 0.3 is 0 Å². The molecule has 2 nitrogen and oxygen atoms in total. The number of hydrogen-bond donors (Lipinski definition) is 0. The number of pyridine rings is 1. The smallest absolute Gasteiger partial charge is 0.128 e. The van der Waals surface area contributed by atoms with E-state index < -0.39 is 0 Å². The van der Waals surface area contributed by atoms with Gasteiger partial charge < -0.3 is 4.90 Å². The van der Waals surface area contributed by atoms with E-state index in [0.717, 1.165) is 35.8 Å². The number of halogens is 1. The molecule has 1 aliphatic heterocycles. The van der Waals surface area contributed by atoms with E-state index in [9.17, 15) is 0 Å². The number of rotatable bonds is 2. The van der Waals surface area contributed by atoms with Crippen molar-refractivity contribution in [3.63, 3.8) is 0 Å². The molecule has 0 bridgehead atoms. The predicted molar refractivity (Wildman–Crippen MR) is 67.7 cm³/mol. The van der Waals surface area contributed by atoms with Crippen molar-refractivity contribution in [3.05, 3.63) is 23.9 Å². The quantitative estimate of drug-likeness (QED) is 0.767. The number of alkyl halides is 1. The summed E-state index contributed by atoms with van der Waals surface area (Å²) >= 11 is 3.58. The molecule has 0 amide bonds. The summed E-state index contributed by atoms with van der Waals surface area (Å²) in [6.45, 7) is 4.34. The van der Waals surface area contributed by atoms with Gasteiger partial charge in [0.05, 0.1) is 0 Å². The Morgan fingerprint density at radius 2 is 2.40 bits per heavy atom. The molecule has 82 valence electrons. The monoisotopic (exact) mass is 268 g/mol. The van der Waals surface area contributed by atoms with Gasteiger partial charge in [-0.15, -0.1) is 0 Å². The molecule has 0 saturated carbocycles. The molecule has 3 heteroatoms. The maximum atomic E-state index is 4.58. The minimum atomic E-state index is 0.779. The predicted octanol–water partition coefficient (Wildman–Crippen LogP) is 3.00. The SMILES string of the molecule is Cc1cccc(N2CCCC(CBr)C2)n1. The van der Waals surface area contributed by atoms with Crippen LogP contribution < -0.4 is 4.90 Å². The first-order valence-corrected chi connectivity index (χ1v) is 6.66. The molecular weight excluding hydrogens is 252 g/mol. The van der Waals surface area contributed by atoms with Crippen molar-refractivity contribution in [1.82, 2.24) is 4.98 Å². The van der Waals surface area contributed by atoms with Gasteiger partial charge in [0, 0.05) is 24.1 Å². The third-order valence-electron chi connectivity index (χ3n) is 2.93. The molecule has 1 aliphatic rings. The number of aryl methyl sites for hydroxylation is 1. The van der Waals surface area contributed by atoms with Crippen molar-refractivity contribution in [1.29, 1.82) is 0 Å². The molecule has 0 radical (unpaired) electrons. The Labute approximate surface area is 99.8 Å². The summed E-state index contributed by atoms with van der Waals surface area (Å²) in [6, 6.07) is 6.26. The molecule has 1 aromatic rings. The van der Waals surface area contributed by atoms with Crippen molar-refractivity contribution in [2.45, 2.75) is 19.8 Å². The van der Waals surface area contributed by atoms with Crippen molar-refractivity contribution < 1.29 is 0 Å². The summed E-state index contributed by atoms with van der Waals surface area (Å²) in [5, 5.41) is 1.11. The average Bonchev–Trinajstić information content (AvgIpc) is 2.29. The summed E-state index contributed by atoms with van der Waals surface area (Å²) in [5.41, 5.74) is 1.11. The summed E-state index contributed by atoms with van der Waals surface area (Å²) in [4.78, 5) is 6.98. The van der Waals surface area contributed by atoms with Crippen LogP contribution in [0.5, 0.6) is 0 Å². The Balaban J connectivity index is 2.09. The van der Waals surface area contributed by atoms with E-state index >= 15 is 0 Å². The average molecular weight is 269 g/mol. The zero-order chi connectivity index (χ0) is 10.7. The van der Waals surface area contributed by atoms with Crippen molar-refractivity contribution in [2.24, 2.45) is 5.92 Å². The highest BCUT2D eigenvalue weighted by atomic mass is 79.9. The van der Waals surface area contributed by atoms with E-state index in [1.807, 2.05) is 0 Å². The molecule has 0 spiro atoms. The topological polar surface area (TPSA) is 16.1 Å². The number of piperidine rings is 1. The fourth-order valence-electron chi connectivity index (χ4n) is 2.10. The molecule has 0 N–H and O–H groups in total. The van der Waals surface area contributed by atoms with Crippen LogP contribution in [0.15, 0.2) is 18.2 Å². The van der Waals surface area contributed by atoms with E-state index in [2.05, 4.69) is 50.9 Å². The molecule has 1 fully saturated rings. The largest absolute Gasteiger partial charge is 0.356 e. The van der Waals surface area contributed by atoms with E-state index in [-0.39, 0.29) is 0 Å². The lowest BCUT2D eigenvalue weighted by molar-refractivity contribution is 0.452. The summed E-state index contributed by atoms with van der Waals surface area (Å²) in [7, 11) is 0. The Bertz CT molecular complexity index is 327. The van der Waals surface area contributed by atoms with Crippen LogP contribution in [-0.4, -0.2) is 23.4 Å². The van der Waals surface area contributed by atoms with Crippen LogP contribution in [-0.2, 0) is 0 Å². The van der Waals surface area contributed by atoms with Crippen LogP contribution in [0.2, 0.25) is 0 Å². The summed E-state index contributed by atoms with van der Waals surface area (Å²) in [5.74, 6) is 1.92. The van der Waals surface area contributed by atoms with Crippen LogP contribution in [0.4, 0.5) is 5.82 Å². The van der Waals surface area contributed by atoms with Gasteiger partial charge in [-0.3, -0.25) is 0 Å². The second-order valence-electron chi connectivity index (χ2n) is 4.25. The highest BCUT2D eigenvalue weighted by Crippen LogP contribution is 2.22. The molecule has 1 unspecified atom stereocenters. The second-order valence-corrected chi connectivity index (χ2v) is 4.89. The van der Waals surface area contributed by atoms with Gasteiger partial charge in [0.25, 0.3) is 0 Å². The lowest BCUT2D eigenvalue weighted by Crippen LogP contribution is -2.36. The van der Waals surface area contributed by atoms with Gasteiger partial charge in [-0.1, -0.05) is 22.0 Å². The number of anilines is 1. The maximum absolute atomic E-state index is 4.58. The normalized spacial score (nSPS) is 21.7. The molecule has 1 atom stereocenters. The van der Waals surface area contributed by atoms with Gasteiger partial charge in [-0.25, -0.2) is 4.98 Å². The minimum Gasteiger partial charge on any atom is -0.356 e. The Hall–Kier alpha value is -0.570. The Morgan fingerprint density at radius 3 is 3.13 bits per heavy atom. The van der Waals surface area contributed by atoms with Gasteiger partial charge in [0.2, 0.25) is 0 Å². The third-order valence-corrected chi connectivity index (χ3v) is 3.85. The van der Waals surface area contributed by atoms with E-state index in [0.29, 0.717) is 0 Å².